The van der Waals surface area contributed by atoms with Gasteiger partial charge in [0.05, 0.1) is 23.0 Å². The first kappa shape index (κ1) is 14.8. The van der Waals surface area contributed by atoms with Crippen molar-refractivity contribution in [2.75, 3.05) is 19.0 Å². The first-order valence-electron chi connectivity index (χ1n) is 6.27. The summed E-state index contributed by atoms with van der Waals surface area (Å²) in [6.07, 6.45) is -1.78. The van der Waals surface area contributed by atoms with E-state index in [2.05, 4.69) is 10.3 Å². The third-order valence-corrected chi connectivity index (χ3v) is 3.21. The van der Waals surface area contributed by atoms with Crippen LogP contribution < -0.4 is 10.1 Å². The van der Waals surface area contributed by atoms with Crippen LogP contribution in [0.4, 0.5) is 14.5 Å². The van der Waals surface area contributed by atoms with Crippen molar-refractivity contribution in [1.29, 1.82) is 0 Å². The molecule has 0 atom stereocenters. The zero-order chi connectivity index (χ0) is 14.7. The highest BCUT2D eigenvalue weighted by atomic mass is 35.5. The minimum atomic E-state index is -2.65. The van der Waals surface area contributed by atoms with Gasteiger partial charge in [-0.25, -0.2) is 13.8 Å². The number of hydrogen-bond acceptors (Lipinski definition) is 3. The highest BCUT2D eigenvalue weighted by molar-refractivity contribution is 6.35. The van der Waals surface area contributed by atoms with E-state index >= 15 is 0 Å². The SMILES string of the molecule is CCCNc1cc(C(F)F)nc2c(Cl)ccc(OC)c12. The molecule has 1 aromatic heterocycles. The van der Waals surface area contributed by atoms with Crippen LogP contribution in [0.25, 0.3) is 10.9 Å². The molecule has 108 valence electrons. The van der Waals surface area contributed by atoms with Crippen LogP contribution in [0, 0.1) is 0 Å². The fourth-order valence-corrected chi connectivity index (χ4v) is 2.18. The number of nitrogens with one attached hydrogen (secondary N) is 1. The predicted molar refractivity (Wildman–Crippen MR) is 77.0 cm³/mol. The number of ether oxygens (including phenoxy) is 1. The molecule has 0 saturated heterocycles. The molecule has 20 heavy (non-hydrogen) atoms. The van der Waals surface area contributed by atoms with Crippen LogP contribution in [0.3, 0.4) is 0 Å². The van der Waals surface area contributed by atoms with Gasteiger partial charge in [0.1, 0.15) is 11.4 Å². The monoisotopic (exact) mass is 300 g/mol. The maximum Gasteiger partial charge on any atom is 0.280 e. The summed E-state index contributed by atoms with van der Waals surface area (Å²) >= 11 is 6.08. The van der Waals surface area contributed by atoms with Gasteiger partial charge < -0.3 is 10.1 Å². The number of aromatic nitrogens is 1. The molecule has 1 heterocycles. The molecule has 0 spiro atoms. The van der Waals surface area contributed by atoms with Crippen molar-refractivity contribution in [2.24, 2.45) is 0 Å². The van der Waals surface area contributed by atoms with Gasteiger partial charge in [-0.3, -0.25) is 0 Å². The van der Waals surface area contributed by atoms with E-state index in [1.54, 1.807) is 12.1 Å². The van der Waals surface area contributed by atoms with E-state index in [1.165, 1.54) is 13.2 Å². The van der Waals surface area contributed by atoms with Gasteiger partial charge in [0.15, 0.2) is 0 Å². The number of anilines is 1. The molecule has 0 radical (unpaired) electrons. The molecular formula is C14H15ClF2N2O. The van der Waals surface area contributed by atoms with Crippen molar-refractivity contribution in [3.63, 3.8) is 0 Å². The van der Waals surface area contributed by atoms with E-state index in [9.17, 15) is 8.78 Å². The van der Waals surface area contributed by atoms with E-state index < -0.39 is 6.43 Å². The third-order valence-electron chi connectivity index (χ3n) is 2.90. The Morgan fingerprint density at radius 2 is 2.15 bits per heavy atom. The molecule has 0 aliphatic rings. The maximum atomic E-state index is 12.9. The summed E-state index contributed by atoms with van der Waals surface area (Å²) in [4.78, 5) is 3.95. The number of hydrogen-bond donors (Lipinski definition) is 1. The normalized spacial score (nSPS) is 11.1. The van der Waals surface area contributed by atoms with E-state index in [4.69, 9.17) is 16.3 Å². The van der Waals surface area contributed by atoms with Crippen LogP contribution in [-0.2, 0) is 0 Å². The second kappa shape index (κ2) is 6.22. The van der Waals surface area contributed by atoms with Gasteiger partial charge in [-0.1, -0.05) is 18.5 Å². The molecule has 0 unspecified atom stereocenters. The molecule has 3 nitrogen and oxygen atoms in total. The van der Waals surface area contributed by atoms with Gasteiger partial charge >= 0.3 is 0 Å². The molecule has 2 rings (SSSR count). The molecule has 0 aliphatic carbocycles. The van der Waals surface area contributed by atoms with E-state index in [1.807, 2.05) is 6.92 Å². The highest BCUT2D eigenvalue weighted by Crippen LogP contribution is 2.37. The Balaban J connectivity index is 2.73. The van der Waals surface area contributed by atoms with Crippen LogP contribution in [-0.4, -0.2) is 18.6 Å². The summed E-state index contributed by atoms with van der Waals surface area (Å²) in [5, 5.41) is 4.07. The number of pyridine rings is 1. The predicted octanol–water partition coefficient (Wildman–Crippen LogP) is 4.66. The van der Waals surface area contributed by atoms with E-state index in [0.717, 1.165) is 6.42 Å². The summed E-state index contributed by atoms with van der Waals surface area (Å²) < 4.78 is 31.2. The first-order valence-corrected chi connectivity index (χ1v) is 6.65. The van der Waals surface area contributed by atoms with Crippen molar-refractivity contribution in [3.05, 3.63) is 28.9 Å². The average Bonchev–Trinajstić information content (AvgIpc) is 2.45. The fourth-order valence-electron chi connectivity index (χ4n) is 1.98. The minimum absolute atomic E-state index is 0.300. The second-order valence-corrected chi connectivity index (χ2v) is 4.70. The van der Waals surface area contributed by atoms with Crippen LogP contribution >= 0.6 is 11.6 Å². The van der Waals surface area contributed by atoms with E-state index in [-0.39, 0.29) is 5.69 Å². The molecule has 1 N–H and O–H groups in total. The topological polar surface area (TPSA) is 34.2 Å². The maximum absolute atomic E-state index is 12.9. The van der Waals surface area contributed by atoms with Crippen molar-refractivity contribution < 1.29 is 13.5 Å². The Morgan fingerprint density at radius 3 is 2.75 bits per heavy atom. The summed E-state index contributed by atoms with van der Waals surface area (Å²) in [6, 6.07) is 4.64. The van der Waals surface area contributed by atoms with Crippen LogP contribution in [0.2, 0.25) is 5.02 Å². The van der Waals surface area contributed by atoms with Gasteiger partial charge in [0.2, 0.25) is 0 Å². The number of halogens is 3. The summed E-state index contributed by atoms with van der Waals surface area (Å²) in [7, 11) is 1.52. The molecule has 0 fully saturated rings. The van der Waals surface area contributed by atoms with Gasteiger partial charge in [-0.05, 0) is 24.6 Å². The fraction of sp³-hybridized carbons (Fsp3) is 0.357. The number of benzene rings is 1. The molecule has 0 aliphatic heterocycles. The molecule has 2 aromatic rings. The number of fused-ring (bicyclic) bond motifs is 1. The lowest BCUT2D eigenvalue weighted by atomic mass is 10.1. The van der Waals surface area contributed by atoms with Crippen LogP contribution in [0.15, 0.2) is 18.2 Å². The average molecular weight is 301 g/mol. The zero-order valence-electron chi connectivity index (χ0n) is 11.2. The molecule has 0 bridgehead atoms. The van der Waals surface area contributed by atoms with Gasteiger partial charge in [-0.15, -0.1) is 0 Å². The van der Waals surface area contributed by atoms with Crippen molar-refractivity contribution >= 4 is 28.2 Å². The number of alkyl halides is 2. The van der Waals surface area contributed by atoms with Gasteiger partial charge in [0, 0.05) is 12.2 Å². The zero-order valence-corrected chi connectivity index (χ0v) is 12.0. The van der Waals surface area contributed by atoms with Crippen molar-refractivity contribution in [3.8, 4) is 5.75 Å². The van der Waals surface area contributed by atoms with Crippen LogP contribution in [0.5, 0.6) is 5.75 Å². The standard InChI is InChI=1S/C14H15ClF2N2O/c1-3-6-18-9-7-10(14(16)17)19-13-8(15)4-5-11(20-2)12(9)13/h4-5,7,14H,3,6H2,1-2H3,(H,18,19). The van der Waals surface area contributed by atoms with Crippen LogP contribution in [0.1, 0.15) is 25.5 Å². The van der Waals surface area contributed by atoms with Crippen molar-refractivity contribution in [1.82, 2.24) is 4.98 Å². The molecular weight excluding hydrogens is 286 g/mol. The number of rotatable bonds is 5. The Hall–Kier alpha value is -1.62. The lowest BCUT2D eigenvalue weighted by molar-refractivity contribution is 0.146. The minimum Gasteiger partial charge on any atom is -0.496 e. The lowest BCUT2D eigenvalue weighted by Gasteiger charge is -2.14. The Morgan fingerprint density at radius 1 is 1.40 bits per heavy atom. The first-order chi connectivity index (χ1) is 9.58. The Labute approximate surface area is 120 Å². The largest absolute Gasteiger partial charge is 0.496 e. The Bertz CT molecular complexity index is 620. The summed E-state index contributed by atoms with van der Waals surface area (Å²) in [6.45, 7) is 2.66. The quantitative estimate of drug-likeness (QED) is 0.872. The molecule has 0 saturated carbocycles. The van der Waals surface area contributed by atoms with Gasteiger partial charge in [-0.2, -0.15) is 0 Å². The van der Waals surface area contributed by atoms with E-state index in [0.29, 0.717) is 33.9 Å². The molecule has 6 heteroatoms. The third kappa shape index (κ3) is 2.77. The lowest BCUT2D eigenvalue weighted by Crippen LogP contribution is -2.04. The number of nitrogens with zero attached hydrogens (tertiary/aromatic N) is 1. The molecule has 1 aromatic carbocycles. The second-order valence-electron chi connectivity index (χ2n) is 4.30. The van der Waals surface area contributed by atoms with Crippen molar-refractivity contribution in [2.45, 2.75) is 19.8 Å². The summed E-state index contributed by atoms with van der Waals surface area (Å²) in [5.41, 5.74) is 0.583. The summed E-state index contributed by atoms with van der Waals surface area (Å²) in [5.74, 6) is 0.552. The molecule has 0 amide bonds. The highest BCUT2D eigenvalue weighted by Gasteiger charge is 2.17. The number of methoxy groups -OCH3 is 1. The Kier molecular flexibility index (Phi) is 4.60. The smallest absolute Gasteiger partial charge is 0.280 e. The van der Waals surface area contributed by atoms with Gasteiger partial charge in [0.25, 0.3) is 6.43 Å².